The molecular weight excluding hydrogens is 471 g/mol. The van der Waals surface area contributed by atoms with Crippen LogP contribution >= 0.6 is 11.6 Å². The van der Waals surface area contributed by atoms with Crippen molar-refractivity contribution in [3.05, 3.63) is 59.0 Å². The van der Waals surface area contributed by atoms with Gasteiger partial charge < -0.3 is 4.90 Å². The first-order chi connectivity index (χ1) is 15.0. The fourth-order valence-electron chi connectivity index (χ4n) is 3.57. The molecule has 0 saturated carbocycles. The van der Waals surface area contributed by atoms with Crippen LogP contribution in [0.15, 0.2) is 47.8 Å². The third-order valence-corrected chi connectivity index (χ3v) is 7.30. The lowest BCUT2D eigenvalue weighted by atomic mass is 10.2. The molecule has 0 spiro atoms. The van der Waals surface area contributed by atoms with Gasteiger partial charge >= 0.3 is 6.18 Å². The van der Waals surface area contributed by atoms with Crippen molar-refractivity contribution < 1.29 is 26.4 Å². The van der Waals surface area contributed by atoms with Gasteiger partial charge in [-0.3, -0.25) is 4.79 Å². The molecule has 1 aromatic carbocycles. The van der Waals surface area contributed by atoms with E-state index in [0.29, 0.717) is 10.7 Å². The van der Waals surface area contributed by atoms with Crippen molar-refractivity contribution in [2.45, 2.75) is 24.0 Å². The van der Waals surface area contributed by atoms with Gasteiger partial charge in [0.25, 0.3) is 5.91 Å². The molecule has 1 aliphatic heterocycles. The molecule has 1 saturated heterocycles. The number of aromatic nitrogens is 3. The standard InChI is InChI=1S/C19H17ClF3N5O3S/c1-12-10-26(32(30,31)15-4-2-13(3-5-15)19(21,22)23)6-7-27(12)18(29)16-9-25-28-11-14(20)8-24-17(16)28/h2-5,8-9,11-12H,6-7,10H2,1H3/t12-/m0/s1. The van der Waals surface area contributed by atoms with Gasteiger partial charge in [-0.05, 0) is 31.2 Å². The largest absolute Gasteiger partial charge is 0.416 e. The van der Waals surface area contributed by atoms with E-state index in [-0.39, 0.29) is 36.0 Å². The molecule has 1 fully saturated rings. The number of hydrogen-bond donors (Lipinski definition) is 0. The van der Waals surface area contributed by atoms with Crippen LogP contribution in [-0.4, -0.2) is 63.8 Å². The maximum absolute atomic E-state index is 13.1. The minimum atomic E-state index is -4.55. The van der Waals surface area contributed by atoms with Crippen molar-refractivity contribution in [1.29, 1.82) is 0 Å². The van der Waals surface area contributed by atoms with Crippen LogP contribution in [0.5, 0.6) is 0 Å². The second-order valence-electron chi connectivity index (χ2n) is 7.33. The van der Waals surface area contributed by atoms with Gasteiger partial charge in [-0.1, -0.05) is 11.6 Å². The number of sulfonamides is 1. The Hall–Kier alpha value is -2.70. The Labute approximate surface area is 186 Å². The molecule has 1 atom stereocenters. The highest BCUT2D eigenvalue weighted by molar-refractivity contribution is 7.89. The van der Waals surface area contributed by atoms with Gasteiger partial charge in [-0.25, -0.2) is 17.9 Å². The van der Waals surface area contributed by atoms with Crippen LogP contribution < -0.4 is 0 Å². The maximum Gasteiger partial charge on any atom is 0.416 e. The topological polar surface area (TPSA) is 87.9 Å². The van der Waals surface area contributed by atoms with Crippen LogP contribution in [0.2, 0.25) is 5.02 Å². The predicted octanol–water partition coefficient (Wildman–Crippen LogP) is 2.94. The maximum atomic E-state index is 13.1. The molecule has 13 heteroatoms. The summed E-state index contributed by atoms with van der Waals surface area (Å²) in [5.41, 5.74) is -0.345. The van der Waals surface area contributed by atoms with E-state index in [9.17, 15) is 26.4 Å². The molecule has 0 radical (unpaired) electrons. The lowest BCUT2D eigenvalue weighted by molar-refractivity contribution is -0.137. The molecule has 0 bridgehead atoms. The fraction of sp³-hybridized carbons (Fsp3) is 0.316. The smallest absolute Gasteiger partial charge is 0.333 e. The van der Waals surface area contributed by atoms with Gasteiger partial charge in [0, 0.05) is 31.9 Å². The van der Waals surface area contributed by atoms with Crippen molar-refractivity contribution >= 4 is 33.2 Å². The molecule has 32 heavy (non-hydrogen) atoms. The molecule has 3 heterocycles. The summed E-state index contributed by atoms with van der Waals surface area (Å²) in [6.07, 6.45) is -0.272. The SMILES string of the molecule is C[C@H]1CN(S(=O)(=O)c2ccc(C(F)(F)F)cc2)CCN1C(=O)c1cnn2cc(Cl)cnc12. The monoisotopic (exact) mass is 487 g/mol. The number of alkyl halides is 3. The van der Waals surface area contributed by atoms with E-state index in [0.717, 1.165) is 28.6 Å². The molecule has 0 N–H and O–H groups in total. The van der Waals surface area contributed by atoms with Gasteiger partial charge in [-0.2, -0.15) is 22.6 Å². The van der Waals surface area contributed by atoms with Crippen LogP contribution in [-0.2, 0) is 16.2 Å². The molecule has 3 aromatic rings. The molecule has 4 rings (SSSR count). The van der Waals surface area contributed by atoms with Crippen LogP contribution in [0, 0.1) is 0 Å². The second kappa shape index (κ2) is 8.01. The average molecular weight is 488 g/mol. The number of rotatable bonds is 3. The second-order valence-corrected chi connectivity index (χ2v) is 9.71. The van der Waals surface area contributed by atoms with E-state index < -0.39 is 27.8 Å². The highest BCUT2D eigenvalue weighted by atomic mass is 35.5. The van der Waals surface area contributed by atoms with E-state index in [1.54, 1.807) is 6.92 Å². The zero-order valence-electron chi connectivity index (χ0n) is 16.6. The first-order valence-electron chi connectivity index (χ1n) is 9.46. The lowest BCUT2D eigenvalue weighted by Gasteiger charge is -2.39. The number of amides is 1. The van der Waals surface area contributed by atoms with E-state index in [4.69, 9.17) is 11.6 Å². The van der Waals surface area contributed by atoms with E-state index in [2.05, 4.69) is 10.1 Å². The molecule has 1 aliphatic rings. The quantitative estimate of drug-likeness (QED) is 0.567. The first-order valence-corrected chi connectivity index (χ1v) is 11.3. The number of hydrogen-bond acceptors (Lipinski definition) is 5. The number of carbonyl (C=O) groups excluding carboxylic acids is 1. The molecule has 2 aromatic heterocycles. The minimum Gasteiger partial charge on any atom is -0.333 e. The summed E-state index contributed by atoms with van der Waals surface area (Å²) < 4.78 is 66.6. The average Bonchev–Trinajstić information content (AvgIpc) is 3.15. The molecule has 0 aliphatic carbocycles. The van der Waals surface area contributed by atoms with Crippen molar-refractivity contribution in [2.24, 2.45) is 0 Å². The van der Waals surface area contributed by atoms with Gasteiger partial charge in [-0.15, -0.1) is 0 Å². The highest BCUT2D eigenvalue weighted by Crippen LogP contribution is 2.30. The van der Waals surface area contributed by atoms with E-state index >= 15 is 0 Å². The molecular formula is C19H17ClF3N5O3S. The van der Waals surface area contributed by atoms with Gasteiger partial charge in [0.1, 0.15) is 5.56 Å². The highest BCUT2D eigenvalue weighted by Gasteiger charge is 2.36. The first kappa shape index (κ1) is 22.5. The third kappa shape index (κ3) is 4.05. The summed E-state index contributed by atoms with van der Waals surface area (Å²) in [4.78, 5) is 18.5. The van der Waals surface area contributed by atoms with Crippen LogP contribution in [0.3, 0.4) is 0 Å². The number of halogens is 4. The lowest BCUT2D eigenvalue weighted by Crippen LogP contribution is -2.55. The van der Waals surface area contributed by atoms with Crippen LogP contribution in [0.4, 0.5) is 13.2 Å². The fourth-order valence-corrected chi connectivity index (χ4v) is 5.22. The Bertz CT molecular complexity index is 1280. The Balaban J connectivity index is 1.51. The number of carbonyl (C=O) groups is 1. The van der Waals surface area contributed by atoms with Crippen LogP contribution in [0.25, 0.3) is 5.65 Å². The van der Waals surface area contributed by atoms with Crippen molar-refractivity contribution in [2.75, 3.05) is 19.6 Å². The summed E-state index contributed by atoms with van der Waals surface area (Å²) in [5, 5.41) is 4.43. The number of benzene rings is 1. The van der Waals surface area contributed by atoms with Crippen molar-refractivity contribution in [3.8, 4) is 0 Å². The van der Waals surface area contributed by atoms with Crippen molar-refractivity contribution in [3.63, 3.8) is 0 Å². The van der Waals surface area contributed by atoms with Crippen molar-refractivity contribution in [1.82, 2.24) is 23.8 Å². The van der Waals surface area contributed by atoms with Crippen LogP contribution in [0.1, 0.15) is 22.8 Å². The Morgan fingerprint density at radius 3 is 2.47 bits per heavy atom. The summed E-state index contributed by atoms with van der Waals surface area (Å²) >= 11 is 5.88. The minimum absolute atomic E-state index is 0.00208. The van der Waals surface area contributed by atoms with E-state index in [1.165, 1.54) is 28.0 Å². The Kier molecular flexibility index (Phi) is 5.63. The Morgan fingerprint density at radius 2 is 1.84 bits per heavy atom. The van der Waals surface area contributed by atoms with Gasteiger partial charge in [0.05, 0.1) is 27.9 Å². The molecule has 0 unspecified atom stereocenters. The summed E-state index contributed by atoms with van der Waals surface area (Å²) in [6.45, 7) is 1.79. The zero-order chi connectivity index (χ0) is 23.3. The van der Waals surface area contributed by atoms with Gasteiger partial charge in [0.2, 0.25) is 10.0 Å². The number of piperazine rings is 1. The van der Waals surface area contributed by atoms with E-state index in [1.807, 2.05) is 0 Å². The molecule has 8 nitrogen and oxygen atoms in total. The van der Waals surface area contributed by atoms with Gasteiger partial charge in [0.15, 0.2) is 5.65 Å². The normalized spacial score (nSPS) is 18.3. The summed E-state index contributed by atoms with van der Waals surface area (Å²) in [6, 6.07) is 2.87. The molecule has 170 valence electrons. The summed E-state index contributed by atoms with van der Waals surface area (Å²) in [5.74, 6) is -0.353. The zero-order valence-corrected chi connectivity index (χ0v) is 18.2. The molecule has 1 amide bonds. The third-order valence-electron chi connectivity index (χ3n) is 5.23. The summed E-state index contributed by atoms with van der Waals surface area (Å²) in [7, 11) is -4.02. The number of fused-ring (bicyclic) bond motifs is 1. The Morgan fingerprint density at radius 1 is 1.16 bits per heavy atom. The predicted molar refractivity (Wildman–Crippen MR) is 109 cm³/mol. The number of nitrogens with zero attached hydrogens (tertiary/aromatic N) is 5.